The minimum absolute atomic E-state index is 0.0342. The van der Waals surface area contributed by atoms with E-state index >= 15 is 0 Å². The summed E-state index contributed by atoms with van der Waals surface area (Å²) in [5.74, 6) is 0.433. The lowest BCUT2D eigenvalue weighted by molar-refractivity contribution is -0.126. The zero-order chi connectivity index (χ0) is 20.9. The van der Waals surface area contributed by atoms with Crippen LogP contribution in [0.1, 0.15) is 39.0 Å². The second-order valence-electron chi connectivity index (χ2n) is 8.35. The molecule has 1 N–H and O–H groups in total. The minimum Gasteiger partial charge on any atom is -0.356 e. The number of likely N-dealkylation sites (tertiary alicyclic amines) is 1. The molecule has 29 heavy (non-hydrogen) atoms. The highest BCUT2D eigenvalue weighted by molar-refractivity contribution is 7.89. The minimum atomic E-state index is -3.60. The number of sulfonamides is 1. The number of carbonyl (C=O) groups is 1. The first-order chi connectivity index (χ1) is 13.9. The fourth-order valence-corrected chi connectivity index (χ4v) is 5.93. The van der Waals surface area contributed by atoms with Crippen molar-refractivity contribution in [2.24, 2.45) is 11.8 Å². The van der Waals surface area contributed by atoms with Gasteiger partial charge in [-0.1, -0.05) is 18.5 Å². The number of carbonyl (C=O) groups excluding carboxylic acids is 1. The van der Waals surface area contributed by atoms with Gasteiger partial charge < -0.3 is 10.2 Å². The number of hydrogen-bond donors (Lipinski definition) is 1. The molecule has 0 spiro atoms. The van der Waals surface area contributed by atoms with E-state index in [2.05, 4.69) is 17.1 Å². The van der Waals surface area contributed by atoms with E-state index in [-0.39, 0.29) is 23.3 Å². The maximum atomic E-state index is 12.9. The van der Waals surface area contributed by atoms with Gasteiger partial charge in [-0.05, 0) is 75.4 Å². The highest BCUT2D eigenvalue weighted by Gasteiger charge is 2.33. The summed E-state index contributed by atoms with van der Waals surface area (Å²) in [7, 11) is -3.60. The second-order valence-corrected chi connectivity index (χ2v) is 10.7. The average Bonchev–Trinajstić information content (AvgIpc) is 2.71. The summed E-state index contributed by atoms with van der Waals surface area (Å²) < 4.78 is 27.2. The Hall–Kier alpha value is -1.15. The van der Waals surface area contributed by atoms with Crippen LogP contribution in [0, 0.1) is 11.8 Å². The molecule has 162 valence electrons. The molecule has 2 aliphatic rings. The lowest BCUT2D eigenvalue weighted by Crippen LogP contribution is -2.45. The van der Waals surface area contributed by atoms with Crippen LogP contribution in [-0.2, 0) is 14.8 Å². The van der Waals surface area contributed by atoms with E-state index in [1.165, 1.54) is 29.3 Å². The molecule has 2 heterocycles. The van der Waals surface area contributed by atoms with Crippen molar-refractivity contribution in [1.82, 2.24) is 14.5 Å². The van der Waals surface area contributed by atoms with Crippen molar-refractivity contribution >= 4 is 27.5 Å². The van der Waals surface area contributed by atoms with Crippen molar-refractivity contribution in [2.75, 3.05) is 39.3 Å². The van der Waals surface area contributed by atoms with E-state index in [0.29, 0.717) is 24.5 Å². The van der Waals surface area contributed by atoms with Crippen molar-refractivity contribution < 1.29 is 13.2 Å². The molecule has 0 aliphatic carbocycles. The number of rotatable bonds is 7. The first kappa shape index (κ1) is 22.5. The summed E-state index contributed by atoms with van der Waals surface area (Å²) in [5.41, 5.74) is 0. The Kier molecular flexibility index (Phi) is 7.96. The number of nitrogens with zero attached hydrogens (tertiary/aromatic N) is 2. The quantitative estimate of drug-likeness (QED) is 0.660. The summed E-state index contributed by atoms with van der Waals surface area (Å²) in [4.78, 5) is 15.3. The molecule has 0 saturated carbocycles. The zero-order valence-corrected chi connectivity index (χ0v) is 18.7. The standard InChI is InChI=1S/C21H32ClN3O3S/c1-17-5-2-12-24(15-17)13-4-11-23-21(26)18-6-3-14-25(16-18)29(27,28)20-9-7-19(22)8-10-20/h7-10,17-18H,2-6,11-16H2,1H3,(H,23,26)/t17-,18-/m0/s1. The van der Waals surface area contributed by atoms with Crippen LogP contribution in [0.15, 0.2) is 29.2 Å². The Morgan fingerprint density at radius 2 is 1.86 bits per heavy atom. The normalized spacial score (nSPS) is 24.3. The molecular formula is C21H32ClN3O3S. The van der Waals surface area contributed by atoms with Gasteiger partial charge in [0.25, 0.3) is 0 Å². The van der Waals surface area contributed by atoms with Gasteiger partial charge >= 0.3 is 0 Å². The van der Waals surface area contributed by atoms with Crippen molar-refractivity contribution in [3.8, 4) is 0 Å². The van der Waals surface area contributed by atoms with Gasteiger partial charge in [-0.2, -0.15) is 4.31 Å². The SMILES string of the molecule is C[C@H]1CCCN(CCCNC(=O)[C@H]2CCCN(S(=O)(=O)c3ccc(Cl)cc3)C2)C1. The van der Waals surface area contributed by atoms with Gasteiger partial charge in [-0.25, -0.2) is 8.42 Å². The van der Waals surface area contributed by atoms with Crippen LogP contribution >= 0.6 is 11.6 Å². The molecule has 8 heteroatoms. The summed E-state index contributed by atoms with van der Waals surface area (Å²) in [6.07, 6.45) is 4.91. The third kappa shape index (κ3) is 6.17. The third-order valence-corrected chi connectivity index (χ3v) is 8.03. The molecule has 2 fully saturated rings. The molecular weight excluding hydrogens is 410 g/mol. The van der Waals surface area contributed by atoms with Crippen LogP contribution in [0.5, 0.6) is 0 Å². The topological polar surface area (TPSA) is 69.7 Å². The Bertz CT molecular complexity index is 785. The Labute approximate surface area is 179 Å². The Morgan fingerprint density at radius 1 is 1.14 bits per heavy atom. The molecule has 0 radical (unpaired) electrons. The van der Waals surface area contributed by atoms with Gasteiger partial charge in [0.15, 0.2) is 0 Å². The molecule has 1 amide bonds. The maximum Gasteiger partial charge on any atom is 0.243 e. The number of nitrogens with one attached hydrogen (secondary N) is 1. The van der Waals surface area contributed by atoms with E-state index in [1.807, 2.05) is 0 Å². The molecule has 2 atom stereocenters. The fraction of sp³-hybridized carbons (Fsp3) is 0.667. The van der Waals surface area contributed by atoms with Gasteiger partial charge in [-0.15, -0.1) is 0 Å². The Balaban J connectivity index is 1.47. The smallest absolute Gasteiger partial charge is 0.243 e. The van der Waals surface area contributed by atoms with E-state index in [0.717, 1.165) is 38.4 Å². The molecule has 6 nitrogen and oxygen atoms in total. The van der Waals surface area contributed by atoms with Crippen molar-refractivity contribution in [3.05, 3.63) is 29.3 Å². The number of halogens is 1. The highest BCUT2D eigenvalue weighted by atomic mass is 35.5. The van der Waals surface area contributed by atoms with Gasteiger partial charge in [-0.3, -0.25) is 4.79 Å². The number of piperidine rings is 2. The molecule has 3 rings (SSSR count). The molecule has 0 aromatic heterocycles. The van der Waals surface area contributed by atoms with Gasteiger partial charge in [0.2, 0.25) is 15.9 Å². The Morgan fingerprint density at radius 3 is 2.59 bits per heavy atom. The highest BCUT2D eigenvalue weighted by Crippen LogP contribution is 2.25. The first-order valence-corrected chi connectivity index (χ1v) is 12.4. The zero-order valence-electron chi connectivity index (χ0n) is 17.1. The number of benzene rings is 1. The molecule has 0 unspecified atom stereocenters. The van der Waals surface area contributed by atoms with Crippen LogP contribution < -0.4 is 5.32 Å². The van der Waals surface area contributed by atoms with Crippen LogP contribution in [-0.4, -0.2) is 62.8 Å². The lowest BCUT2D eigenvalue weighted by Gasteiger charge is -2.32. The van der Waals surface area contributed by atoms with Crippen molar-refractivity contribution in [1.29, 1.82) is 0 Å². The van der Waals surface area contributed by atoms with Crippen LogP contribution in [0.3, 0.4) is 0 Å². The molecule has 2 saturated heterocycles. The van der Waals surface area contributed by atoms with E-state index < -0.39 is 10.0 Å². The first-order valence-electron chi connectivity index (χ1n) is 10.6. The molecule has 1 aromatic rings. The fourth-order valence-electron chi connectivity index (χ4n) is 4.28. The van der Waals surface area contributed by atoms with Crippen molar-refractivity contribution in [3.63, 3.8) is 0 Å². The number of hydrogen-bond acceptors (Lipinski definition) is 4. The largest absolute Gasteiger partial charge is 0.356 e. The number of amides is 1. The maximum absolute atomic E-state index is 12.9. The van der Waals surface area contributed by atoms with Gasteiger partial charge in [0.1, 0.15) is 0 Å². The van der Waals surface area contributed by atoms with Crippen molar-refractivity contribution in [2.45, 2.75) is 43.9 Å². The van der Waals surface area contributed by atoms with E-state index in [4.69, 9.17) is 11.6 Å². The third-order valence-electron chi connectivity index (χ3n) is 5.90. The van der Waals surface area contributed by atoms with Crippen LogP contribution in [0.25, 0.3) is 0 Å². The summed E-state index contributed by atoms with van der Waals surface area (Å²) in [5, 5.41) is 3.52. The van der Waals surface area contributed by atoms with E-state index in [1.54, 1.807) is 12.1 Å². The summed E-state index contributed by atoms with van der Waals surface area (Å²) >= 11 is 5.86. The summed E-state index contributed by atoms with van der Waals surface area (Å²) in [6.45, 7) is 6.92. The average molecular weight is 442 g/mol. The molecule has 2 aliphatic heterocycles. The summed E-state index contributed by atoms with van der Waals surface area (Å²) in [6, 6.07) is 6.18. The van der Waals surface area contributed by atoms with Crippen LogP contribution in [0.2, 0.25) is 5.02 Å². The molecule has 1 aromatic carbocycles. The van der Waals surface area contributed by atoms with Gasteiger partial charge in [0, 0.05) is 31.2 Å². The van der Waals surface area contributed by atoms with E-state index in [9.17, 15) is 13.2 Å². The predicted octanol–water partition coefficient (Wildman–Crippen LogP) is 2.98. The molecule has 0 bridgehead atoms. The monoisotopic (exact) mass is 441 g/mol. The predicted molar refractivity (Wildman–Crippen MR) is 115 cm³/mol. The second kappa shape index (κ2) is 10.2. The lowest BCUT2D eigenvalue weighted by atomic mass is 9.99. The van der Waals surface area contributed by atoms with Crippen LogP contribution in [0.4, 0.5) is 0 Å². The van der Waals surface area contributed by atoms with Gasteiger partial charge in [0.05, 0.1) is 10.8 Å².